The summed E-state index contributed by atoms with van der Waals surface area (Å²) in [6.45, 7) is 2.61. The van der Waals surface area contributed by atoms with Crippen LogP contribution in [0.2, 0.25) is 0 Å². The fourth-order valence-electron chi connectivity index (χ4n) is 1.33. The molecule has 0 bridgehead atoms. The zero-order valence-corrected chi connectivity index (χ0v) is 14.7. The van der Waals surface area contributed by atoms with E-state index < -0.39 is 22.9 Å². The van der Waals surface area contributed by atoms with E-state index in [-0.39, 0.29) is 13.3 Å². The van der Waals surface area contributed by atoms with Gasteiger partial charge in [-0.3, -0.25) is 0 Å². The highest BCUT2D eigenvalue weighted by atomic mass is 32.2. The molecule has 134 valence electrons. The number of aliphatic hydroxyl groups excluding tert-OH is 1. The molecule has 24 heavy (non-hydrogen) atoms. The molecule has 9 heteroatoms. The summed E-state index contributed by atoms with van der Waals surface area (Å²) in [7, 11) is -3.09. The van der Waals surface area contributed by atoms with Gasteiger partial charge in [-0.1, -0.05) is 24.1 Å². The van der Waals surface area contributed by atoms with Crippen molar-refractivity contribution < 1.29 is 27.2 Å². The number of rotatable bonds is 6. The minimum Gasteiger partial charge on any atom is -0.398 e. The fourth-order valence-corrected chi connectivity index (χ4v) is 1.95. The monoisotopic (exact) mass is 358 g/mol. The number of carbonyl (C=O) groups excluding carboxylic acids is 1. The summed E-state index contributed by atoms with van der Waals surface area (Å²) in [5, 5.41) is 8.28. The van der Waals surface area contributed by atoms with Gasteiger partial charge in [0.25, 0.3) is 0 Å². The van der Waals surface area contributed by atoms with E-state index in [1.807, 2.05) is 32.0 Å². The summed E-state index contributed by atoms with van der Waals surface area (Å²) in [6, 6.07) is 6.05. The number of anilines is 1. The molecule has 0 aliphatic heterocycles. The van der Waals surface area contributed by atoms with Crippen molar-refractivity contribution in [1.82, 2.24) is 4.31 Å². The Hall–Kier alpha value is -2.12. The second-order valence-corrected chi connectivity index (χ2v) is 6.30. The predicted octanol–water partition coefficient (Wildman–Crippen LogP) is 0.191. The van der Waals surface area contributed by atoms with E-state index in [1.54, 1.807) is 0 Å². The number of hydrogen-bond donors (Lipinski definition) is 2. The van der Waals surface area contributed by atoms with Crippen molar-refractivity contribution in [2.75, 3.05) is 32.7 Å². The molecule has 3 N–H and O–H groups in total. The van der Waals surface area contributed by atoms with Crippen LogP contribution in [0, 0.1) is 26.2 Å². The van der Waals surface area contributed by atoms with Crippen molar-refractivity contribution in [3.63, 3.8) is 0 Å². The number of aliphatic hydroxyl groups is 1. The Morgan fingerprint density at radius 3 is 2.33 bits per heavy atom. The van der Waals surface area contributed by atoms with E-state index in [2.05, 4.69) is 10.1 Å². The number of nitrogens with zero attached hydrogens (tertiary/aromatic N) is 1. The molecule has 0 saturated carbocycles. The average Bonchev–Trinajstić information content (AvgIpc) is 2.52. The van der Waals surface area contributed by atoms with Crippen LogP contribution in [0.3, 0.4) is 0 Å². The van der Waals surface area contributed by atoms with Gasteiger partial charge in [0, 0.05) is 12.7 Å². The van der Waals surface area contributed by atoms with Gasteiger partial charge >= 0.3 is 16.3 Å². The summed E-state index contributed by atoms with van der Waals surface area (Å²) in [4.78, 5) is 10.5. The molecule has 1 aromatic carbocycles. The van der Waals surface area contributed by atoms with Gasteiger partial charge in [-0.25, -0.2) is 4.79 Å². The van der Waals surface area contributed by atoms with E-state index in [0.717, 1.165) is 23.9 Å². The van der Waals surface area contributed by atoms with Gasteiger partial charge in [-0.15, -0.1) is 10.7 Å². The Labute approximate surface area is 142 Å². The maximum atomic E-state index is 11.1. The molecule has 0 unspecified atom stereocenters. The predicted molar refractivity (Wildman–Crippen MR) is 89.8 cm³/mol. The number of para-hydroxylation sites is 1. The molecule has 8 nitrogen and oxygen atoms in total. The van der Waals surface area contributed by atoms with Crippen molar-refractivity contribution in [1.29, 1.82) is 0 Å². The first-order chi connectivity index (χ1) is 11.2. The highest BCUT2D eigenvalue weighted by Gasteiger charge is 2.22. The molecule has 0 aromatic heterocycles. The third kappa shape index (κ3) is 7.94. The van der Waals surface area contributed by atoms with Crippen LogP contribution in [-0.2, 0) is 24.0 Å². The fraction of sp³-hybridized carbons (Fsp3) is 0.400. The Kier molecular flexibility index (Phi) is 9.68. The van der Waals surface area contributed by atoms with Gasteiger partial charge in [0.15, 0.2) is 0 Å². The number of benzene rings is 1. The molecule has 0 radical (unpaired) electrons. The molecule has 0 amide bonds. The van der Waals surface area contributed by atoms with Crippen LogP contribution < -0.4 is 5.73 Å². The third-order valence-electron chi connectivity index (χ3n) is 2.71. The quantitative estimate of drug-likeness (QED) is 0.322. The van der Waals surface area contributed by atoms with Crippen molar-refractivity contribution in [2.45, 2.75) is 13.8 Å². The lowest BCUT2D eigenvalue weighted by Gasteiger charge is -2.14. The van der Waals surface area contributed by atoms with Crippen LogP contribution in [-0.4, -0.2) is 50.8 Å². The number of hydrogen-bond acceptors (Lipinski definition) is 7. The molecule has 0 aliphatic carbocycles. The van der Waals surface area contributed by atoms with Gasteiger partial charge < -0.3 is 19.8 Å². The van der Waals surface area contributed by atoms with Gasteiger partial charge in [-0.05, 0) is 25.0 Å². The Bertz CT molecular complexity index is 661. The first-order valence-corrected chi connectivity index (χ1v) is 8.14. The largest absolute Gasteiger partial charge is 0.398 e. The average molecular weight is 358 g/mol. The maximum absolute atomic E-state index is 11.1. The summed E-state index contributed by atoms with van der Waals surface area (Å²) in [6.07, 6.45) is 4.86. The minimum absolute atomic E-state index is 0.0617. The van der Waals surface area contributed by atoms with Crippen LogP contribution in [0.25, 0.3) is 0 Å². The zero-order chi connectivity index (χ0) is 18.8. The van der Waals surface area contributed by atoms with Gasteiger partial charge in [-0.2, -0.15) is 8.42 Å². The highest BCUT2D eigenvalue weighted by Crippen LogP contribution is 2.13. The van der Waals surface area contributed by atoms with Crippen LogP contribution in [0.1, 0.15) is 11.1 Å². The van der Waals surface area contributed by atoms with E-state index in [4.69, 9.17) is 22.0 Å². The molecule has 0 spiro atoms. The molecule has 1 aromatic rings. The molecule has 0 aliphatic rings. The highest BCUT2D eigenvalue weighted by molar-refractivity contribution is 7.84. The second kappa shape index (κ2) is 10.6. The molecular weight excluding hydrogens is 336 g/mol. The van der Waals surface area contributed by atoms with Crippen molar-refractivity contribution in [3.05, 3.63) is 29.3 Å². The number of aryl methyl sites for hydroxylation is 2. The third-order valence-corrected chi connectivity index (χ3v) is 3.98. The minimum atomic E-state index is -4.22. The van der Waals surface area contributed by atoms with E-state index in [9.17, 15) is 13.2 Å². The first kappa shape index (κ1) is 21.9. The van der Waals surface area contributed by atoms with E-state index >= 15 is 0 Å². The Balaban J connectivity index is 0.000000496. The lowest BCUT2D eigenvalue weighted by atomic mass is 10.1. The van der Waals surface area contributed by atoms with E-state index in [0.29, 0.717) is 4.31 Å². The van der Waals surface area contributed by atoms with Crippen LogP contribution in [0.15, 0.2) is 18.2 Å². The molecule has 1 rings (SSSR count). The summed E-state index contributed by atoms with van der Waals surface area (Å²) in [5.41, 5.74) is 8.92. The summed E-state index contributed by atoms with van der Waals surface area (Å²) in [5.74, 6) is 0.870. The lowest BCUT2D eigenvalue weighted by Crippen LogP contribution is -2.33. The zero-order valence-electron chi connectivity index (χ0n) is 13.9. The number of terminal acetylenes is 1. The summed E-state index contributed by atoms with van der Waals surface area (Å²) >= 11 is 0. The van der Waals surface area contributed by atoms with Gasteiger partial charge in [0.05, 0.1) is 0 Å². The van der Waals surface area contributed by atoms with Crippen LogP contribution in [0.4, 0.5) is 5.69 Å². The maximum Gasteiger partial charge on any atom is 0.389 e. The number of carbonyl (C=O) groups is 1. The van der Waals surface area contributed by atoms with Gasteiger partial charge in [0.1, 0.15) is 19.9 Å². The summed E-state index contributed by atoms with van der Waals surface area (Å²) < 4.78 is 31.6. The van der Waals surface area contributed by atoms with Crippen molar-refractivity contribution in [2.24, 2.45) is 0 Å². The Morgan fingerprint density at radius 1 is 1.38 bits per heavy atom. The molecule has 0 saturated heterocycles. The standard InChI is InChI=1S/C8H11N.C7H11NO6S/c1-6-4-3-5-7(2)8(6)9;1-3-4-13-6-8(2)15(11,12)14-7(10)5-9/h3-5H,9H2,1-2H3;1,9H,4-6H2,2H3. The molecule has 0 atom stereocenters. The van der Waals surface area contributed by atoms with Gasteiger partial charge in [0.2, 0.25) is 0 Å². The molecule has 0 heterocycles. The second-order valence-electron chi connectivity index (χ2n) is 4.66. The lowest BCUT2D eigenvalue weighted by molar-refractivity contribution is -0.137. The van der Waals surface area contributed by atoms with Crippen molar-refractivity contribution >= 4 is 22.0 Å². The van der Waals surface area contributed by atoms with E-state index in [1.165, 1.54) is 0 Å². The number of nitrogens with two attached hydrogens (primary N) is 1. The van der Waals surface area contributed by atoms with Crippen molar-refractivity contribution in [3.8, 4) is 12.3 Å². The SMILES string of the molecule is C#CCOCN(C)S(=O)(=O)OC(=O)CO.Cc1cccc(C)c1N. The van der Waals surface area contributed by atoms with Crippen LogP contribution >= 0.6 is 0 Å². The molecule has 0 fully saturated rings. The first-order valence-electron chi connectivity index (χ1n) is 6.78. The normalized spacial score (nSPS) is 10.5. The topological polar surface area (TPSA) is 119 Å². The Morgan fingerprint density at radius 2 is 1.92 bits per heavy atom. The molecular formula is C15H22N2O6S. The van der Waals surface area contributed by atoms with Crippen LogP contribution in [0.5, 0.6) is 0 Å². The number of ether oxygens (including phenoxy) is 1. The smallest absolute Gasteiger partial charge is 0.389 e. The number of nitrogen functional groups attached to an aromatic ring is 1.